The summed E-state index contributed by atoms with van der Waals surface area (Å²) in [6, 6.07) is 5.10. The van der Waals surface area contributed by atoms with Gasteiger partial charge in [0.1, 0.15) is 0 Å². The van der Waals surface area contributed by atoms with Crippen LogP contribution in [0.2, 0.25) is 0 Å². The summed E-state index contributed by atoms with van der Waals surface area (Å²) in [5.74, 6) is -0.525. The number of aromatic nitrogens is 2. The largest absolute Gasteiger partial charge is 0.288 e. The Morgan fingerprint density at radius 3 is 3.07 bits per heavy atom. The number of hydroxylamine groups is 1. The minimum absolute atomic E-state index is 0.395. The lowest BCUT2D eigenvalue weighted by atomic mass is 10.1. The Bertz CT molecular complexity index is 504. The highest BCUT2D eigenvalue weighted by Gasteiger charge is 2.06. The molecule has 2 N–H and O–H groups in total. The van der Waals surface area contributed by atoms with Crippen molar-refractivity contribution in [3.8, 4) is 0 Å². The molecule has 0 saturated carbocycles. The van der Waals surface area contributed by atoms with Gasteiger partial charge in [0.2, 0.25) is 0 Å². The highest BCUT2D eigenvalue weighted by atomic mass is 16.5. The van der Waals surface area contributed by atoms with E-state index in [4.69, 9.17) is 5.21 Å². The number of hydrogen-bond donors (Lipinski definition) is 2. The second-order valence-corrected chi connectivity index (χ2v) is 3.20. The zero-order valence-electron chi connectivity index (χ0n) is 8.27. The van der Waals surface area contributed by atoms with E-state index in [1.54, 1.807) is 28.4 Å². The standard InChI is InChI=1S/C10H11N3O2/c1-2-13-6-8-4-3-7(10(14)12-15)5-9(8)11-13/h3-6,15H,2H2,1H3,(H,12,14). The minimum Gasteiger partial charge on any atom is -0.288 e. The first-order chi connectivity index (χ1) is 7.24. The summed E-state index contributed by atoms with van der Waals surface area (Å²) in [4.78, 5) is 11.1. The van der Waals surface area contributed by atoms with Crippen LogP contribution in [-0.2, 0) is 6.54 Å². The van der Waals surface area contributed by atoms with Gasteiger partial charge in [-0.25, -0.2) is 5.48 Å². The molecular formula is C10H11N3O2. The monoisotopic (exact) mass is 205 g/mol. The summed E-state index contributed by atoms with van der Waals surface area (Å²) < 4.78 is 1.80. The number of aryl methyl sites for hydroxylation is 1. The molecule has 15 heavy (non-hydrogen) atoms. The fraction of sp³-hybridized carbons (Fsp3) is 0.200. The van der Waals surface area contributed by atoms with Crippen LogP contribution in [0.25, 0.3) is 10.9 Å². The summed E-state index contributed by atoms with van der Waals surface area (Å²) in [5, 5.41) is 13.7. The average Bonchev–Trinajstić information content (AvgIpc) is 2.69. The lowest BCUT2D eigenvalue weighted by Gasteiger charge is -1.96. The molecular weight excluding hydrogens is 194 g/mol. The molecule has 0 atom stereocenters. The number of carbonyl (C=O) groups excluding carboxylic acids is 1. The molecule has 5 nitrogen and oxygen atoms in total. The van der Waals surface area contributed by atoms with Gasteiger partial charge in [-0.2, -0.15) is 5.10 Å². The van der Waals surface area contributed by atoms with Gasteiger partial charge in [0.25, 0.3) is 5.91 Å². The Morgan fingerprint density at radius 2 is 2.40 bits per heavy atom. The number of nitrogens with one attached hydrogen (secondary N) is 1. The van der Waals surface area contributed by atoms with Crippen LogP contribution in [0.15, 0.2) is 24.4 Å². The summed E-state index contributed by atoms with van der Waals surface area (Å²) in [5.41, 5.74) is 2.74. The third-order valence-corrected chi connectivity index (χ3v) is 2.24. The van der Waals surface area contributed by atoms with Gasteiger partial charge in [-0.3, -0.25) is 14.7 Å². The summed E-state index contributed by atoms with van der Waals surface area (Å²) in [6.45, 7) is 2.78. The molecule has 0 bridgehead atoms. The van der Waals surface area contributed by atoms with Gasteiger partial charge in [0.05, 0.1) is 5.52 Å². The molecule has 0 spiro atoms. The maximum atomic E-state index is 11.1. The van der Waals surface area contributed by atoms with Crippen molar-refractivity contribution in [1.29, 1.82) is 0 Å². The molecule has 5 heteroatoms. The van der Waals surface area contributed by atoms with Crippen molar-refractivity contribution in [2.45, 2.75) is 13.5 Å². The third-order valence-electron chi connectivity index (χ3n) is 2.24. The second kappa shape index (κ2) is 3.70. The molecule has 1 heterocycles. The zero-order chi connectivity index (χ0) is 10.8. The molecule has 2 aromatic rings. The molecule has 0 aliphatic heterocycles. The minimum atomic E-state index is -0.525. The molecule has 0 unspecified atom stereocenters. The van der Waals surface area contributed by atoms with Crippen LogP contribution >= 0.6 is 0 Å². The van der Waals surface area contributed by atoms with E-state index in [2.05, 4.69) is 5.10 Å². The number of carbonyl (C=O) groups is 1. The highest BCUT2D eigenvalue weighted by Crippen LogP contribution is 2.14. The summed E-state index contributed by atoms with van der Waals surface area (Å²) in [7, 11) is 0. The molecule has 1 aromatic heterocycles. The van der Waals surface area contributed by atoms with E-state index in [1.165, 1.54) is 0 Å². The SMILES string of the molecule is CCn1cc2ccc(C(=O)NO)cc2n1. The number of nitrogens with zero attached hydrogens (tertiary/aromatic N) is 2. The number of rotatable bonds is 2. The molecule has 0 aliphatic carbocycles. The maximum absolute atomic E-state index is 11.1. The number of amides is 1. The summed E-state index contributed by atoms with van der Waals surface area (Å²) in [6.07, 6.45) is 1.91. The van der Waals surface area contributed by atoms with Crippen molar-refractivity contribution >= 4 is 16.8 Å². The van der Waals surface area contributed by atoms with Crippen LogP contribution in [0.1, 0.15) is 17.3 Å². The molecule has 2 rings (SSSR count). The molecule has 0 aliphatic rings. The van der Waals surface area contributed by atoms with Crippen LogP contribution in [0, 0.1) is 0 Å². The van der Waals surface area contributed by atoms with Gasteiger partial charge < -0.3 is 0 Å². The van der Waals surface area contributed by atoms with E-state index in [0.717, 1.165) is 17.4 Å². The van der Waals surface area contributed by atoms with Crippen molar-refractivity contribution in [2.24, 2.45) is 0 Å². The quantitative estimate of drug-likeness (QED) is 0.571. The van der Waals surface area contributed by atoms with Crippen molar-refractivity contribution in [3.05, 3.63) is 30.0 Å². The maximum Gasteiger partial charge on any atom is 0.274 e. The zero-order valence-corrected chi connectivity index (χ0v) is 8.27. The first kappa shape index (κ1) is 9.67. The first-order valence-corrected chi connectivity index (χ1v) is 4.66. The van der Waals surface area contributed by atoms with E-state index in [0.29, 0.717) is 5.56 Å². The van der Waals surface area contributed by atoms with E-state index in [9.17, 15) is 4.79 Å². The Labute approximate surface area is 86.3 Å². The topological polar surface area (TPSA) is 67.2 Å². The number of benzene rings is 1. The Balaban J connectivity index is 2.50. The molecule has 0 radical (unpaired) electrons. The van der Waals surface area contributed by atoms with Crippen molar-refractivity contribution in [3.63, 3.8) is 0 Å². The van der Waals surface area contributed by atoms with Crippen LogP contribution in [0.3, 0.4) is 0 Å². The highest BCUT2D eigenvalue weighted by molar-refractivity contribution is 5.97. The van der Waals surface area contributed by atoms with Gasteiger partial charge in [0, 0.05) is 23.7 Å². The Kier molecular flexibility index (Phi) is 2.39. The normalized spacial score (nSPS) is 10.5. The van der Waals surface area contributed by atoms with Gasteiger partial charge in [-0.15, -0.1) is 0 Å². The number of hydrogen-bond acceptors (Lipinski definition) is 3. The van der Waals surface area contributed by atoms with Crippen LogP contribution in [0.4, 0.5) is 0 Å². The van der Waals surface area contributed by atoms with Crippen molar-refractivity contribution < 1.29 is 10.0 Å². The first-order valence-electron chi connectivity index (χ1n) is 4.66. The molecule has 0 fully saturated rings. The fourth-order valence-electron chi connectivity index (χ4n) is 1.44. The molecule has 0 saturated heterocycles. The lowest BCUT2D eigenvalue weighted by molar-refractivity contribution is 0.0706. The van der Waals surface area contributed by atoms with Crippen LogP contribution in [-0.4, -0.2) is 20.9 Å². The van der Waals surface area contributed by atoms with Crippen LogP contribution < -0.4 is 5.48 Å². The van der Waals surface area contributed by atoms with E-state index < -0.39 is 5.91 Å². The second-order valence-electron chi connectivity index (χ2n) is 3.20. The predicted molar refractivity (Wildman–Crippen MR) is 54.7 cm³/mol. The van der Waals surface area contributed by atoms with Gasteiger partial charge >= 0.3 is 0 Å². The van der Waals surface area contributed by atoms with Crippen molar-refractivity contribution in [2.75, 3.05) is 0 Å². The van der Waals surface area contributed by atoms with Crippen molar-refractivity contribution in [1.82, 2.24) is 15.3 Å². The van der Waals surface area contributed by atoms with E-state index >= 15 is 0 Å². The van der Waals surface area contributed by atoms with E-state index in [1.807, 2.05) is 13.1 Å². The molecule has 1 aromatic carbocycles. The van der Waals surface area contributed by atoms with Crippen LogP contribution in [0.5, 0.6) is 0 Å². The lowest BCUT2D eigenvalue weighted by Crippen LogP contribution is -2.18. The van der Waals surface area contributed by atoms with E-state index in [-0.39, 0.29) is 0 Å². The Morgan fingerprint density at radius 1 is 1.60 bits per heavy atom. The van der Waals surface area contributed by atoms with Gasteiger partial charge in [-0.05, 0) is 19.1 Å². The third kappa shape index (κ3) is 1.69. The predicted octanol–water partition coefficient (Wildman–Crippen LogP) is 1.18. The smallest absolute Gasteiger partial charge is 0.274 e. The summed E-state index contributed by atoms with van der Waals surface area (Å²) >= 11 is 0. The number of fused-ring (bicyclic) bond motifs is 1. The van der Waals surface area contributed by atoms with Gasteiger partial charge in [-0.1, -0.05) is 6.07 Å². The molecule has 1 amide bonds. The van der Waals surface area contributed by atoms with Gasteiger partial charge in [0.15, 0.2) is 0 Å². The molecule has 78 valence electrons. The fourth-order valence-corrected chi connectivity index (χ4v) is 1.44. The average molecular weight is 205 g/mol. The Hall–Kier alpha value is -1.88.